The summed E-state index contributed by atoms with van der Waals surface area (Å²) in [5.41, 5.74) is 2.43. The number of halogens is 1. The summed E-state index contributed by atoms with van der Waals surface area (Å²) >= 11 is 3.44. The summed E-state index contributed by atoms with van der Waals surface area (Å²) < 4.78 is 6.42. The summed E-state index contributed by atoms with van der Waals surface area (Å²) in [5, 5.41) is 2.97. The molecule has 0 aliphatic heterocycles. The predicted molar refractivity (Wildman–Crippen MR) is 96.7 cm³/mol. The first kappa shape index (κ1) is 17.5. The zero-order valence-corrected chi connectivity index (χ0v) is 15.1. The highest BCUT2D eigenvalue weighted by Gasteiger charge is 2.09. The van der Waals surface area contributed by atoms with Gasteiger partial charge in [-0.25, -0.2) is 0 Å². The lowest BCUT2D eigenvalue weighted by atomic mass is 10.1. The lowest BCUT2D eigenvalue weighted by molar-refractivity contribution is -0.123. The Hall–Kier alpha value is -1.81. The Bertz CT molecular complexity index is 643. The second-order valence-electron chi connectivity index (χ2n) is 5.72. The van der Waals surface area contributed by atoms with E-state index in [1.165, 1.54) is 5.56 Å². The molecule has 0 aliphatic carbocycles. The summed E-state index contributed by atoms with van der Waals surface area (Å²) in [7, 11) is 0. The van der Waals surface area contributed by atoms with E-state index in [1.807, 2.05) is 50.2 Å². The van der Waals surface area contributed by atoms with Crippen molar-refractivity contribution in [3.63, 3.8) is 0 Å². The van der Waals surface area contributed by atoms with Crippen LogP contribution in [0, 0.1) is 6.92 Å². The molecule has 4 heteroatoms. The highest BCUT2D eigenvalue weighted by molar-refractivity contribution is 9.10. The molecule has 0 unspecified atom stereocenters. The fraction of sp³-hybridized carbons (Fsp3) is 0.316. The number of aryl methyl sites for hydroxylation is 2. The lowest BCUT2D eigenvalue weighted by Crippen LogP contribution is -2.36. The first-order valence-corrected chi connectivity index (χ1v) is 8.56. The van der Waals surface area contributed by atoms with Gasteiger partial charge in [0.1, 0.15) is 5.75 Å². The zero-order chi connectivity index (χ0) is 16.7. The number of hydrogen-bond acceptors (Lipinski definition) is 2. The highest BCUT2D eigenvalue weighted by Crippen LogP contribution is 2.25. The van der Waals surface area contributed by atoms with Gasteiger partial charge in [0.25, 0.3) is 5.91 Å². The van der Waals surface area contributed by atoms with Gasteiger partial charge < -0.3 is 10.1 Å². The van der Waals surface area contributed by atoms with Crippen LogP contribution in [0.25, 0.3) is 0 Å². The van der Waals surface area contributed by atoms with Crippen LogP contribution in [-0.4, -0.2) is 18.6 Å². The second-order valence-corrected chi connectivity index (χ2v) is 6.57. The van der Waals surface area contributed by atoms with Crippen LogP contribution in [0.4, 0.5) is 0 Å². The molecule has 122 valence electrons. The monoisotopic (exact) mass is 375 g/mol. The predicted octanol–water partition coefficient (Wildman–Crippen LogP) is 4.27. The molecular formula is C19H22BrNO2. The number of carbonyl (C=O) groups excluding carboxylic acids is 1. The van der Waals surface area contributed by atoms with Crippen molar-refractivity contribution < 1.29 is 9.53 Å². The Morgan fingerprint density at radius 3 is 2.65 bits per heavy atom. The van der Waals surface area contributed by atoms with Crippen LogP contribution in [0.3, 0.4) is 0 Å². The molecule has 23 heavy (non-hydrogen) atoms. The quantitative estimate of drug-likeness (QED) is 0.784. The standard InChI is InChI=1S/C19H22BrNO2/c1-14-8-11-18(17(20)12-14)23-13-19(22)21-15(2)9-10-16-6-4-3-5-7-16/h3-8,11-12,15H,9-10,13H2,1-2H3,(H,21,22)/t15-/m0/s1. The highest BCUT2D eigenvalue weighted by atomic mass is 79.9. The van der Waals surface area contributed by atoms with Crippen LogP contribution in [0.15, 0.2) is 53.0 Å². The fourth-order valence-corrected chi connectivity index (χ4v) is 2.89. The molecule has 0 saturated carbocycles. The van der Waals surface area contributed by atoms with Gasteiger partial charge in [-0.1, -0.05) is 36.4 Å². The van der Waals surface area contributed by atoms with Crippen LogP contribution in [0.5, 0.6) is 5.75 Å². The minimum absolute atomic E-state index is 0.0251. The number of ether oxygens (including phenoxy) is 1. The Balaban J connectivity index is 1.73. The molecule has 0 radical (unpaired) electrons. The molecule has 2 rings (SSSR count). The third-order valence-electron chi connectivity index (χ3n) is 3.56. The zero-order valence-electron chi connectivity index (χ0n) is 13.5. The molecule has 0 spiro atoms. The second kappa shape index (κ2) is 8.73. The smallest absolute Gasteiger partial charge is 0.258 e. The Morgan fingerprint density at radius 1 is 1.22 bits per heavy atom. The summed E-state index contributed by atoms with van der Waals surface area (Å²) in [6.45, 7) is 4.05. The molecule has 2 aromatic carbocycles. The van der Waals surface area contributed by atoms with Crippen LogP contribution in [-0.2, 0) is 11.2 Å². The van der Waals surface area contributed by atoms with E-state index < -0.39 is 0 Å². The molecular weight excluding hydrogens is 354 g/mol. The van der Waals surface area contributed by atoms with E-state index in [4.69, 9.17) is 4.74 Å². The summed E-state index contributed by atoms with van der Waals surface area (Å²) in [6, 6.07) is 16.2. The van der Waals surface area contributed by atoms with Gasteiger partial charge >= 0.3 is 0 Å². The maximum absolute atomic E-state index is 12.0. The molecule has 0 fully saturated rings. The van der Waals surface area contributed by atoms with Gasteiger partial charge in [0.15, 0.2) is 6.61 Å². The van der Waals surface area contributed by atoms with Gasteiger partial charge in [0.2, 0.25) is 0 Å². The van der Waals surface area contributed by atoms with Crippen molar-refractivity contribution >= 4 is 21.8 Å². The summed E-state index contributed by atoms with van der Waals surface area (Å²) in [5.74, 6) is 0.584. The number of rotatable bonds is 7. The first-order chi connectivity index (χ1) is 11.0. The molecule has 0 aromatic heterocycles. The largest absolute Gasteiger partial charge is 0.483 e. The van der Waals surface area contributed by atoms with Crippen LogP contribution in [0.2, 0.25) is 0 Å². The van der Waals surface area contributed by atoms with Gasteiger partial charge in [-0.2, -0.15) is 0 Å². The minimum atomic E-state index is -0.0990. The van der Waals surface area contributed by atoms with Crippen molar-refractivity contribution in [3.05, 3.63) is 64.1 Å². The Kier molecular flexibility index (Phi) is 6.66. The van der Waals surface area contributed by atoms with Gasteiger partial charge in [-0.05, 0) is 65.9 Å². The van der Waals surface area contributed by atoms with Crippen molar-refractivity contribution in [2.45, 2.75) is 32.7 Å². The third-order valence-corrected chi connectivity index (χ3v) is 4.18. The van der Waals surface area contributed by atoms with Crippen molar-refractivity contribution in [1.82, 2.24) is 5.32 Å². The number of nitrogens with one attached hydrogen (secondary N) is 1. The van der Waals surface area contributed by atoms with Crippen molar-refractivity contribution in [2.24, 2.45) is 0 Å². The number of hydrogen-bond donors (Lipinski definition) is 1. The molecule has 0 aliphatic rings. The number of benzene rings is 2. The van der Waals surface area contributed by atoms with Gasteiger partial charge in [-0.15, -0.1) is 0 Å². The van der Waals surface area contributed by atoms with E-state index in [9.17, 15) is 4.79 Å². The van der Waals surface area contributed by atoms with Crippen molar-refractivity contribution in [2.75, 3.05) is 6.61 Å². The van der Waals surface area contributed by atoms with Crippen LogP contribution >= 0.6 is 15.9 Å². The van der Waals surface area contributed by atoms with Gasteiger partial charge in [0.05, 0.1) is 4.47 Å². The SMILES string of the molecule is Cc1ccc(OCC(=O)N[C@@H](C)CCc2ccccc2)c(Br)c1. The summed E-state index contributed by atoms with van der Waals surface area (Å²) in [6.07, 6.45) is 1.86. The van der Waals surface area contributed by atoms with E-state index in [0.29, 0.717) is 5.75 Å². The summed E-state index contributed by atoms with van der Waals surface area (Å²) in [4.78, 5) is 12.0. The van der Waals surface area contributed by atoms with Crippen LogP contribution in [0.1, 0.15) is 24.5 Å². The maximum atomic E-state index is 12.0. The van der Waals surface area contributed by atoms with E-state index in [0.717, 1.165) is 22.9 Å². The topological polar surface area (TPSA) is 38.3 Å². The maximum Gasteiger partial charge on any atom is 0.258 e. The Labute approximate surface area is 146 Å². The van der Waals surface area contributed by atoms with E-state index >= 15 is 0 Å². The van der Waals surface area contributed by atoms with E-state index in [-0.39, 0.29) is 18.6 Å². The molecule has 1 N–H and O–H groups in total. The average molecular weight is 376 g/mol. The third kappa shape index (κ3) is 6.06. The average Bonchev–Trinajstić information content (AvgIpc) is 2.53. The normalized spacial score (nSPS) is 11.8. The molecule has 1 atom stereocenters. The molecule has 3 nitrogen and oxygen atoms in total. The first-order valence-electron chi connectivity index (χ1n) is 7.77. The molecule has 2 aromatic rings. The number of carbonyl (C=O) groups is 1. The van der Waals surface area contributed by atoms with E-state index in [2.05, 4.69) is 33.4 Å². The molecule has 0 heterocycles. The minimum Gasteiger partial charge on any atom is -0.483 e. The number of amides is 1. The van der Waals surface area contributed by atoms with Gasteiger partial charge in [0, 0.05) is 6.04 Å². The van der Waals surface area contributed by atoms with E-state index in [1.54, 1.807) is 0 Å². The van der Waals surface area contributed by atoms with Crippen molar-refractivity contribution in [3.8, 4) is 5.75 Å². The molecule has 0 saturated heterocycles. The lowest BCUT2D eigenvalue weighted by Gasteiger charge is -2.15. The molecule has 1 amide bonds. The molecule has 0 bridgehead atoms. The van der Waals surface area contributed by atoms with Crippen LogP contribution < -0.4 is 10.1 Å². The fourth-order valence-electron chi connectivity index (χ4n) is 2.28. The van der Waals surface area contributed by atoms with Crippen molar-refractivity contribution in [1.29, 1.82) is 0 Å². The Morgan fingerprint density at radius 2 is 1.96 bits per heavy atom. The van der Waals surface area contributed by atoms with Gasteiger partial charge in [-0.3, -0.25) is 4.79 Å².